The van der Waals surface area contributed by atoms with Gasteiger partial charge in [-0.2, -0.15) is 0 Å². The maximum Gasteiger partial charge on any atom is 0.276 e. The number of amides is 3. The molecule has 10 heteroatoms. The lowest BCUT2D eigenvalue weighted by atomic mass is 10.3. The minimum atomic E-state index is -0.561. The third-order valence-electron chi connectivity index (χ3n) is 3.71. The summed E-state index contributed by atoms with van der Waals surface area (Å²) in [4.78, 5) is 41.2. The molecule has 1 saturated heterocycles. The lowest BCUT2D eigenvalue weighted by molar-refractivity contribution is -0.129. The highest BCUT2D eigenvalue weighted by molar-refractivity contribution is 7.14. The summed E-state index contributed by atoms with van der Waals surface area (Å²) >= 11 is 1.30. The van der Waals surface area contributed by atoms with E-state index in [0.29, 0.717) is 29.5 Å². The first kappa shape index (κ1) is 18.8. The van der Waals surface area contributed by atoms with Gasteiger partial charge in [0.25, 0.3) is 5.91 Å². The fourth-order valence-corrected chi connectivity index (χ4v) is 3.28. The van der Waals surface area contributed by atoms with Crippen LogP contribution in [-0.4, -0.2) is 35.9 Å². The van der Waals surface area contributed by atoms with Crippen LogP contribution in [-0.2, 0) is 20.8 Å². The lowest BCUT2D eigenvalue weighted by Crippen LogP contribution is -2.44. The quantitative estimate of drug-likeness (QED) is 0.719. The summed E-state index contributed by atoms with van der Waals surface area (Å²) in [5, 5.41) is 2.29. The second-order valence-corrected chi connectivity index (χ2v) is 6.62. The van der Waals surface area contributed by atoms with Crippen molar-refractivity contribution in [3.05, 3.63) is 41.2 Å². The number of thiazole rings is 1. The van der Waals surface area contributed by atoms with Gasteiger partial charge in [0.15, 0.2) is 11.7 Å². The van der Waals surface area contributed by atoms with Crippen LogP contribution in [0.4, 0.5) is 9.52 Å². The van der Waals surface area contributed by atoms with Crippen LogP contribution in [0.3, 0.4) is 0 Å². The highest BCUT2D eigenvalue weighted by atomic mass is 32.1. The number of benzene rings is 1. The summed E-state index contributed by atoms with van der Waals surface area (Å²) in [6.07, 6.45) is 1.29. The van der Waals surface area contributed by atoms with Gasteiger partial charge in [0.2, 0.25) is 11.8 Å². The molecule has 0 unspecified atom stereocenters. The number of nitrogens with one attached hydrogen (secondary N) is 2. The van der Waals surface area contributed by atoms with Crippen molar-refractivity contribution in [2.75, 3.05) is 18.1 Å². The van der Waals surface area contributed by atoms with Gasteiger partial charge in [-0.15, -0.1) is 11.3 Å². The van der Waals surface area contributed by atoms with Gasteiger partial charge in [0, 0.05) is 18.3 Å². The van der Waals surface area contributed by atoms with Crippen molar-refractivity contribution >= 4 is 34.2 Å². The Hall–Kier alpha value is -3.01. The van der Waals surface area contributed by atoms with Crippen molar-refractivity contribution in [2.24, 2.45) is 0 Å². The van der Waals surface area contributed by atoms with Gasteiger partial charge >= 0.3 is 0 Å². The molecular formula is C17H17FN4O4S. The van der Waals surface area contributed by atoms with Crippen LogP contribution < -0.4 is 20.5 Å². The molecule has 0 spiro atoms. The van der Waals surface area contributed by atoms with E-state index in [9.17, 15) is 18.8 Å². The number of aromatic nitrogens is 1. The Morgan fingerprint density at radius 3 is 2.67 bits per heavy atom. The molecule has 1 aliphatic rings. The number of ether oxygens (including phenoxy) is 1. The van der Waals surface area contributed by atoms with Crippen LogP contribution in [0.2, 0.25) is 0 Å². The molecule has 8 nitrogen and oxygen atoms in total. The van der Waals surface area contributed by atoms with E-state index in [0.717, 1.165) is 6.42 Å². The van der Waals surface area contributed by atoms with Crippen molar-refractivity contribution in [1.82, 2.24) is 15.8 Å². The fraction of sp³-hybridized carbons (Fsp3) is 0.294. The molecule has 1 fully saturated rings. The number of nitrogens with zero attached hydrogens (tertiary/aromatic N) is 2. The number of carbonyl (C=O) groups is 3. The third-order valence-corrected chi connectivity index (χ3v) is 4.62. The van der Waals surface area contributed by atoms with E-state index in [1.54, 1.807) is 10.3 Å². The van der Waals surface area contributed by atoms with Gasteiger partial charge in [-0.1, -0.05) is 0 Å². The van der Waals surface area contributed by atoms with Gasteiger partial charge in [-0.3, -0.25) is 30.1 Å². The van der Waals surface area contributed by atoms with E-state index in [1.807, 2.05) is 0 Å². The Labute approximate surface area is 158 Å². The smallest absolute Gasteiger partial charge is 0.276 e. The van der Waals surface area contributed by atoms with Gasteiger partial charge in [-0.05, 0) is 30.7 Å². The number of hydrogen-bond acceptors (Lipinski definition) is 6. The SMILES string of the molecule is O=C(COc1ccc(F)cc1)NNC(=O)Cc1csc(N2CCCC2=O)n1. The molecule has 3 amide bonds. The number of anilines is 1. The molecule has 142 valence electrons. The van der Waals surface area contributed by atoms with Gasteiger partial charge < -0.3 is 4.74 Å². The van der Waals surface area contributed by atoms with Gasteiger partial charge in [-0.25, -0.2) is 9.37 Å². The van der Waals surface area contributed by atoms with Gasteiger partial charge in [0.1, 0.15) is 11.6 Å². The largest absolute Gasteiger partial charge is 0.484 e. The molecule has 2 heterocycles. The Balaban J connectivity index is 1.40. The summed E-state index contributed by atoms with van der Waals surface area (Å²) in [7, 11) is 0. The van der Waals surface area contributed by atoms with Crippen LogP contribution in [0.5, 0.6) is 5.75 Å². The topological polar surface area (TPSA) is 101 Å². The number of hydrogen-bond donors (Lipinski definition) is 2. The van der Waals surface area contributed by atoms with Crippen molar-refractivity contribution < 1.29 is 23.5 Å². The minimum absolute atomic E-state index is 0.0301. The molecule has 0 bridgehead atoms. The van der Waals surface area contributed by atoms with E-state index in [-0.39, 0.29) is 18.9 Å². The monoisotopic (exact) mass is 392 g/mol. The van der Waals surface area contributed by atoms with E-state index >= 15 is 0 Å². The average Bonchev–Trinajstić information content (AvgIpc) is 3.28. The number of rotatable bonds is 6. The molecule has 2 aromatic rings. The Morgan fingerprint density at radius 2 is 1.96 bits per heavy atom. The predicted molar refractivity (Wildman–Crippen MR) is 95.6 cm³/mol. The number of halogens is 1. The molecule has 1 aliphatic heterocycles. The van der Waals surface area contributed by atoms with Crippen molar-refractivity contribution in [3.8, 4) is 5.75 Å². The maximum atomic E-state index is 12.8. The summed E-state index contributed by atoms with van der Waals surface area (Å²) in [6.45, 7) is 0.311. The first-order valence-electron chi connectivity index (χ1n) is 8.22. The van der Waals surface area contributed by atoms with Crippen molar-refractivity contribution in [3.63, 3.8) is 0 Å². The van der Waals surface area contributed by atoms with E-state index in [4.69, 9.17) is 4.74 Å². The zero-order valence-corrected chi connectivity index (χ0v) is 15.1. The maximum absolute atomic E-state index is 12.8. The first-order chi connectivity index (χ1) is 13.0. The molecule has 0 radical (unpaired) electrons. The van der Waals surface area contributed by atoms with E-state index < -0.39 is 17.6 Å². The molecular weight excluding hydrogens is 375 g/mol. The summed E-state index contributed by atoms with van der Waals surface area (Å²) < 4.78 is 17.9. The van der Waals surface area contributed by atoms with Crippen molar-refractivity contribution in [2.45, 2.75) is 19.3 Å². The molecule has 0 aliphatic carbocycles. The normalized spacial score (nSPS) is 13.5. The molecule has 3 rings (SSSR count). The van der Waals surface area contributed by atoms with Crippen LogP contribution in [0, 0.1) is 5.82 Å². The number of carbonyl (C=O) groups excluding carboxylic acids is 3. The standard InChI is InChI=1S/C17H17FN4O4S/c18-11-3-5-13(6-4-11)26-9-15(24)21-20-14(23)8-12-10-27-17(19-12)22-7-1-2-16(22)25/h3-6,10H,1-2,7-9H2,(H,20,23)(H,21,24). The van der Waals surface area contributed by atoms with E-state index in [2.05, 4.69) is 15.8 Å². The summed E-state index contributed by atoms with van der Waals surface area (Å²) in [6, 6.07) is 5.22. The van der Waals surface area contributed by atoms with Crippen LogP contribution >= 0.6 is 11.3 Å². The molecule has 2 N–H and O–H groups in total. The van der Waals surface area contributed by atoms with Crippen LogP contribution in [0.15, 0.2) is 29.6 Å². The second kappa shape index (κ2) is 8.58. The lowest BCUT2D eigenvalue weighted by Gasteiger charge is -2.10. The molecule has 0 saturated carbocycles. The van der Waals surface area contributed by atoms with E-state index in [1.165, 1.54) is 35.6 Å². The van der Waals surface area contributed by atoms with Crippen LogP contribution in [0.25, 0.3) is 0 Å². The fourth-order valence-electron chi connectivity index (χ4n) is 2.42. The molecule has 27 heavy (non-hydrogen) atoms. The van der Waals surface area contributed by atoms with Gasteiger partial charge in [0.05, 0.1) is 12.1 Å². The highest BCUT2D eigenvalue weighted by Gasteiger charge is 2.24. The second-order valence-electron chi connectivity index (χ2n) is 5.79. The van der Waals surface area contributed by atoms with Crippen LogP contribution in [0.1, 0.15) is 18.5 Å². The van der Waals surface area contributed by atoms with Crippen molar-refractivity contribution in [1.29, 1.82) is 0 Å². The molecule has 1 aromatic heterocycles. The number of hydrazine groups is 1. The Morgan fingerprint density at radius 1 is 1.22 bits per heavy atom. The zero-order chi connectivity index (χ0) is 19.2. The summed E-state index contributed by atoms with van der Waals surface area (Å²) in [5.74, 6) is -1.04. The third kappa shape index (κ3) is 5.23. The highest BCUT2D eigenvalue weighted by Crippen LogP contribution is 2.25. The summed E-state index contributed by atoms with van der Waals surface area (Å²) in [5.41, 5.74) is 5.01. The minimum Gasteiger partial charge on any atom is -0.484 e. The first-order valence-corrected chi connectivity index (χ1v) is 9.10. The zero-order valence-electron chi connectivity index (χ0n) is 14.2. The Bertz CT molecular complexity index is 840. The molecule has 0 atom stereocenters. The molecule has 1 aromatic carbocycles. The average molecular weight is 392 g/mol. The predicted octanol–water partition coefficient (Wildman–Crippen LogP) is 1.18. The Kier molecular flexibility index (Phi) is 5.97.